The number of alkyl halides is 1. The topological polar surface area (TPSA) is 67.7 Å². The van der Waals surface area contributed by atoms with Gasteiger partial charge in [0.25, 0.3) is 0 Å². The number of hydrogen-bond acceptors (Lipinski definition) is 5. The second-order valence-corrected chi connectivity index (χ2v) is 8.16. The molecule has 3 heterocycles. The van der Waals surface area contributed by atoms with Crippen molar-refractivity contribution in [2.75, 3.05) is 18.4 Å². The summed E-state index contributed by atoms with van der Waals surface area (Å²) in [6.45, 7) is 1.12. The lowest BCUT2D eigenvalue weighted by atomic mass is 9.88. The first kappa shape index (κ1) is 18.1. The first-order valence-corrected chi connectivity index (χ1v) is 10.2. The molecule has 1 saturated heterocycles. The smallest absolute Gasteiger partial charge is 0.227 e. The number of rotatable bonds is 4. The molecule has 1 saturated carbocycles. The molecule has 2 aliphatic rings. The first-order chi connectivity index (χ1) is 13.6. The number of benzene rings is 1. The van der Waals surface area contributed by atoms with Gasteiger partial charge in [-0.05, 0) is 43.5 Å². The van der Waals surface area contributed by atoms with Gasteiger partial charge in [-0.3, -0.25) is 0 Å². The molecule has 0 spiro atoms. The lowest BCUT2D eigenvalue weighted by Gasteiger charge is -2.27. The van der Waals surface area contributed by atoms with E-state index in [2.05, 4.69) is 25.7 Å². The van der Waals surface area contributed by atoms with E-state index in [4.69, 9.17) is 23.2 Å². The van der Waals surface area contributed by atoms with Crippen molar-refractivity contribution in [2.45, 2.75) is 37.4 Å². The lowest BCUT2D eigenvalue weighted by molar-refractivity contribution is 0.231. The molecule has 28 heavy (non-hydrogen) atoms. The van der Waals surface area contributed by atoms with Crippen LogP contribution in [0.2, 0.25) is 10.2 Å². The van der Waals surface area contributed by atoms with E-state index in [0.29, 0.717) is 46.3 Å². The van der Waals surface area contributed by atoms with Gasteiger partial charge in [0, 0.05) is 29.1 Å². The molecule has 1 aromatic carbocycles. The standard InChI is InChI=1S/C19H19Cl2FN6/c20-14-5-10-7-24-19(27-17-9-25-28(18(17)21)11-1-2-11)26-16(10)6-13(14)12-3-4-23-8-15(12)22/h5-7,9,11-12,15,23H,1-4,8H2,(H,24,26,27). The largest absolute Gasteiger partial charge is 0.320 e. The van der Waals surface area contributed by atoms with Gasteiger partial charge in [0.2, 0.25) is 5.95 Å². The molecular weight excluding hydrogens is 402 g/mol. The Balaban J connectivity index is 1.47. The maximum Gasteiger partial charge on any atom is 0.227 e. The molecule has 0 amide bonds. The second-order valence-electron chi connectivity index (χ2n) is 7.39. The van der Waals surface area contributed by atoms with Crippen LogP contribution in [0.3, 0.4) is 0 Å². The van der Waals surface area contributed by atoms with Crippen LogP contribution in [0.25, 0.3) is 10.9 Å². The summed E-state index contributed by atoms with van der Waals surface area (Å²) in [6.07, 6.45) is 5.33. The molecule has 9 heteroatoms. The predicted molar refractivity (Wildman–Crippen MR) is 108 cm³/mol. The van der Waals surface area contributed by atoms with Crippen LogP contribution in [0.4, 0.5) is 16.0 Å². The summed E-state index contributed by atoms with van der Waals surface area (Å²) in [7, 11) is 0. The maximum absolute atomic E-state index is 14.4. The van der Waals surface area contributed by atoms with Gasteiger partial charge in [0.1, 0.15) is 6.17 Å². The summed E-state index contributed by atoms with van der Waals surface area (Å²) in [5, 5.41) is 12.5. The highest BCUT2D eigenvalue weighted by atomic mass is 35.5. The number of nitrogens with one attached hydrogen (secondary N) is 2. The van der Waals surface area contributed by atoms with Gasteiger partial charge < -0.3 is 10.6 Å². The van der Waals surface area contributed by atoms with Crippen molar-refractivity contribution in [3.63, 3.8) is 0 Å². The van der Waals surface area contributed by atoms with Gasteiger partial charge in [-0.15, -0.1) is 0 Å². The van der Waals surface area contributed by atoms with E-state index in [1.807, 2.05) is 16.8 Å². The molecule has 0 bridgehead atoms. The molecule has 3 aromatic rings. The zero-order valence-corrected chi connectivity index (χ0v) is 16.5. The van der Waals surface area contributed by atoms with Gasteiger partial charge >= 0.3 is 0 Å². The Morgan fingerprint density at radius 2 is 2.04 bits per heavy atom. The third kappa shape index (κ3) is 3.32. The fourth-order valence-electron chi connectivity index (χ4n) is 3.71. The molecule has 6 nitrogen and oxygen atoms in total. The summed E-state index contributed by atoms with van der Waals surface area (Å²) in [6, 6.07) is 4.08. The monoisotopic (exact) mass is 420 g/mol. The van der Waals surface area contributed by atoms with E-state index in [-0.39, 0.29) is 5.92 Å². The fourth-order valence-corrected chi connectivity index (χ4v) is 4.30. The van der Waals surface area contributed by atoms with Crippen LogP contribution in [0, 0.1) is 0 Å². The van der Waals surface area contributed by atoms with E-state index in [1.165, 1.54) is 0 Å². The minimum Gasteiger partial charge on any atom is -0.320 e. The van der Waals surface area contributed by atoms with Crippen molar-refractivity contribution in [3.05, 3.63) is 40.3 Å². The summed E-state index contributed by atoms with van der Waals surface area (Å²) >= 11 is 12.9. The third-order valence-corrected chi connectivity index (χ3v) is 6.08. The Kier molecular flexibility index (Phi) is 4.61. The van der Waals surface area contributed by atoms with E-state index >= 15 is 0 Å². The highest BCUT2D eigenvalue weighted by molar-refractivity contribution is 6.32. The number of halogens is 3. The zero-order valence-electron chi connectivity index (χ0n) is 15.0. The normalized spacial score (nSPS) is 22.5. The van der Waals surface area contributed by atoms with Crippen molar-refractivity contribution < 1.29 is 4.39 Å². The predicted octanol–water partition coefficient (Wildman–Crippen LogP) is 4.63. The molecule has 2 atom stereocenters. The Labute approximate surface area is 171 Å². The SMILES string of the molecule is FC1CNCCC1c1cc2nc(Nc3cnn(C4CC4)c3Cl)ncc2cc1Cl. The lowest BCUT2D eigenvalue weighted by Crippen LogP contribution is -2.36. The van der Waals surface area contributed by atoms with Crippen molar-refractivity contribution in [1.82, 2.24) is 25.1 Å². The molecule has 5 rings (SSSR count). The van der Waals surface area contributed by atoms with Gasteiger partial charge in [-0.1, -0.05) is 23.2 Å². The zero-order chi connectivity index (χ0) is 19.3. The number of aromatic nitrogens is 4. The third-order valence-electron chi connectivity index (χ3n) is 5.38. The minimum atomic E-state index is -0.963. The van der Waals surface area contributed by atoms with Crippen LogP contribution in [-0.4, -0.2) is 39.0 Å². The van der Waals surface area contributed by atoms with Crippen LogP contribution in [0.1, 0.15) is 36.8 Å². The number of fused-ring (bicyclic) bond motifs is 1. The molecular formula is C19H19Cl2FN6. The highest BCUT2D eigenvalue weighted by Gasteiger charge is 2.29. The average Bonchev–Trinajstić information content (AvgIpc) is 3.47. The van der Waals surface area contributed by atoms with E-state index < -0.39 is 6.17 Å². The van der Waals surface area contributed by atoms with Crippen LogP contribution in [-0.2, 0) is 0 Å². The Hall–Kier alpha value is -1.96. The van der Waals surface area contributed by atoms with Crippen molar-refractivity contribution in [2.24, 2.45) is 0 Å². The molecule has 0 radical (unpaired) electrons. The fraction of sp³-hybridized carbons (Fsp3) is 0.421. The van der Waals surface area contributed by atoms with E-state index in [1.54, 1.807) is 12.4 Å². The number of hydrogen-bond donors (Lipinski definition) is 2. The summed E-state index contributed by atoms with van der Waals surface area (Å²) in [4.78, 5) is 8.94. The quantitative estimate of drug-likeness (QED) is 0.643. The molecule has 2 N–H and O–H groups in total. The summed E-state index contributed by atoms with van der Waals surface area (Å²) in [5.41, 5.74) is 2.19. The number of piperidine rings is 1. The van der Waals surface area contributed by atoms with E-state index in [0.717, 1.165) is 30.3 Å². The Bertz CT molecular complexity index is 1030. The molecule has 2 unspecified atom stereocenters. The van der Waals surface area contributed by atoms with Crippen molar-refractivity contribution >= 4 is 45.7 Å². The first-order valence-electron chi connectivity index (χ1n) is 9.41. The average molecular weight is 421 g/mol. The number of nitrogens with zero attached hydrogens (tertiary/aromatic N) is 4. The van der Waals surface area contributed by atoms with Crippen LogP contribution in [0.15, 0.2) is 24.5 Å². The molecule has 1 aliphatic heterocycles. The Morgan fingerprint density at radius 3 is 2.82 bits per heavy atom. The molecule has 146 valence electrons. The molecule has 2 fully saturated rings. The van der Waals surface area contributed by atoms with Crippen molar-refractivity contribution in [1.29, 1.82) is 0 Å². The van der Waals surface area contributed by atoms with Crippen LogP contribution >= 0.6 is 23.2 Å². The Morgan fingerprint density at radius 1 is 1.18 bits per heavy atom. The van der Waals surface area contributed by atoms with E-state index in [9.17, 15) is 4.39 Å². The molecule has 1 aliphatic carbocycles. The molecule has 2 aromatic heterocycles. The van der Waals surface area contributed by atoms with Crippen LogP contribution < -0.4 is 10.6 Å². The second kappa shape index (κ2) is 7.13. The number of anilines is 2. The van der Waals surface area contributed by atoms with Gasteiger partial charge in [-0.2, -0.15) is 5.10 Å². The van der Waals surface area contributed by atoms with Gasteiger partial charge in [0.05, 0.1) is 23.4 Å². The van der Waals surface area contributed by atoms with Gasteiger partial charge in [0.15, 0.2) is 5.15 Å². The summed E-state index contributed by atoms with van der Waals surface area (Å²) in [5.74, 6) is 0.191. The van der Waals surface area contributed by atoms with Gasteiger partial charge in [-0.25, -0.2) is 19.0 Å². The highest BCUT2D eigenvalue weighted by Crippen LogP contribution is 2.39. The summed E-state index contributed by atoms with van der Waals surface area (Å²) < 4.78 is 16.2. The van der Waals surface area contributed by atoms with Crippen LogP contribution in [0.5, 0.6) is 0 Å². The maximum atomic E-state index is 14.4. The van der Waals surface area contributed by atoms with Crippen molar-refractivity contribution in [3.8, 4) is 0 Å². The minimum absolute atomic E-state index is 0.226.